The van der Waals surface area contributed by atoms with Gasteiger partial charge in [-0.3, -0.25) is 0 Å². The monoisotopic (exact) mass is 428 g/mol. The van der Waals surface area contributed by atoms with Gasteiger partial charge in [-0.05, 0) is 83.6 Å². The molecule has 5 rings (SSSR count). The molecule has 0 aliphatic carbocycles. The Labute approximate surface area is 185 Å². The summed E-state index contributed by atoms with van der Waals surface area (Å²) in [6.07, 6.45) is 0. The Balaban J connectivity index is 1.34. The standard InChI is InChI=1S/C27H24O3S/c1-2-28-19-29-20-11-13-21(14-12-20)30-22-15-17-23(18-16-22)31-26-9-5-3-7-24(26)25-8-4-6-10-27(25)31/h3-18,31H,2,19H2,1H3. The number of thiol groups is 1. The molecule has 0 spiro atoms. The lowest BCUT2D eigenvalue weighted by Gasteiger charge is -2.19. The minimum absolute atomic E-state index is 0.257. The van der Waals surface area contributed by atoms with Crippen molar-refractivity contribution < 1.29 is 14.2 Å². The van der Waals surface area contributed by atoms with Crippen molar-refractivity contribution in [3.8, 4) is 28.4 Å². The second-order valence-corrected chi connectivity index (χ2v) is 9.34. The maximum atomic E-state index is 6.04. The molecule has 1 aliphatic rings. The molecular formula is C27H24O3S. The molecule has 0 fully saturated rings. The fourth-order valence-corrected chi connectivity index (χ4v) is 6.40. The molecule has 0 unspecified atom stereocenters. The van der Waals surface area contributed by atoms with E-state index in [4.69, 9.17) is 14.2 Å². The van der Waals surface area contributed by atoms with Crippen LogP contribution >= 0.6 is 10.9 Å². The van der Waals surface area contributed by atoms with Crippen LogP contribution in [0.15, 0.2) is 112 Å². The second kappa shape index (κ2) is 8.88. The minimum atomic E-state index is -0.539. The van der Waals surface area contributed by atoms with Gasteiger partial charge in [-0.2, -0.15) is 10.9 Å². The molecule has 0 saturated carbocycles. The van der Waals surface area contributed by atoms with E-state index in [2.05, 4.69) is 72.8 Å². The molecule has 0 atom stereocenters. The van der Waals surface area contributed by atoms with Crippen LogP contribution in [0.5, 0.6) is 17.2 Å². The van der Waals surface area contributed by atoms with E-state index in [1.54, 1.807) is 0 Å². The fraction of sp³-hybridized carbons (Fsp3) is 0.111. The molecule has 0 saturated heterocycles. The summed E-state index contributed by atoms with van der Waals surface area (Å²) in [5.74, 6) is 2.36. The lowest BCUT2D eigenvalue weighted by molar-refractivity contribution is 0.0224. The highest BCUT2D eigenvalue weighted by Gasteiger charge is 2.26. The van der Waals surface area contributed by atoms with Crippen molar-refractivity contribution in [1.29, 1.82) is 0 Å². The molecule has 3 nitrogen and oxygen atoms in total. The van der Waals surface area contributed by atoms with Gasteiger partial charge >= 0.3 is 0 Å². The Morgan fingerprint density at radius 1 is 0.613 bits per heavy atom. The summed E-state index contributed by atoms with van der Waals surface area (Å²) in [5, 5.41) is 0. The van der Waals surface area contributed by atoms with Gasteiger partial charge in [0.05, 0.1) is 0 Å². The fourth-order valence-electron chi connectivity index (χ4n) is 3.80. The smallest absolute Gasteiger partial charge is 0.189 e. The first-order chi connectivity index (χ1) is 15.3. The van der Waals surface area contributed by atoms with Crippen LogP contribution in [0.2, 0.25) is 0 Å². The normalized spacial score (nSPS) is 12.9. The van der Waals surface area contributed by atoms with Crippen LogP contribution in [0.25, 0.3) is 11.1 Å². The van der Waals surface area contributed by atoms with Gasteiger partial charge in [0.25, 0.3) is 0 Å². The van der Waals surface area contributed by atoms with Gasteiger partial charge in [-0.25, -0.2) is 0 Å². The average Bonchev–Trinajstić information content (AvgIpc) is 3.16. The zero-order valence-electron chi connectivity index (χ0n) is 17.3. The molecule has 156 valence electrons. The number of rotatable bonds is 7. The van der Waals surface area contributed by atoms with Crippen molar-refractivity contribution in [2.24, 2.45) is 0 Å². The predicted octanol–water partition coefficient (Wildman–Crippen LogP) is 7.31. The summed E-state index contributed by atoms with van der Waals surface area (Å²) in [5.41, 5.74) is 2.72. The van der Waals surface area contributed by atoms with E-state index in [9.17, 15) is 0 Å². The van der Waals surface area contributed by atoms with Gasteiger partial charge in [0.15, 0.2) is 6.79 Å². The van der Waals surface area contributed by atoms with Crippen molar-refractivity contribution in [2.75, 3.05) is 13.4 Å². The van der Waals surface area contributed by atoms with Crippen molar-refractivity contribution in [3.05, 3.63) is 97.1 Å². The summed E-state index contributed by atoms with van der Waals surface area (Å²) in [4.78, 5) is 4.18. The average molecular weight is 429 g/mol. The third-order valence-electron chi connectivity index (χ3n) is 5.25. The summed E-state index contributed by atoms with van der Waals surface area (Å²) in [6, 6.07) is 33.6. The first kappa shape index (κ1) is 19.7. The largest absolute Gasteiger partial charge is 0.468 e. The summed E-state index contributed by atoms with van der Waals surface area (Å²) in [6.45, 7) is 2.83. The number of hydrogen-bond acceptors (Lipinski definition) is 3. The van der Waals surface area contributed by atoms with Crippen LogP contribution in [-0.4, -0.2) is 13.4 Å². The van der Waals surface area contributed by atoms with Gasteiger partial charge in [-0.1, -0.05) is 36.4 Å². The molecule has 4 aromatic rings. The van der Waals surface area contributed by atoms with E-state index in [-0.39, 0.29) is 6.79 Å². The highest BCUT2D eigenvalue weighted by atomic mass is 32.2. The summed E-state index contributed by atoms with van der Waals surface area (Å²) in [7, 11) is -0.539. The number of fused-ring (bicyclic) bond motifs is 3. The minimum Gasteiger partial charge on any atom is -0.468 e. The van der Waals surface area contributed by atoms with Crippen molar-refractivity contribution >= 4 is 10.9 Å². The topological polar surface area (TPSA) is 27.7 Å². The first-order valence-corrected chi connectivity index (χ1v) is 11.7. The Hall–Kier alpha value is -3.21. The quantitative estimate of drug-likeness (QED) is 0.167. The Kier molecular flexibility index (Phi) is 5.65. The SMILES string of the molecule is CCOCOc1ccc(Oc2ccc([SH]3c4ccccc4-c4ccccc43)cc2)cc1. The molecule has 0 amide bonds. The van der Waals surface area contributed by atoms with Gasteiger partial charge in [0.2, 0.25) is 0 Å². The van der Waals surface area contributed by atoms with E-state index in [1.807, 2.05) is 31.2 Å². The predicted molar refractivity (Wildman–Crippen MR) is 126 cm³/mol. The summed E-state index contributed by atoms with van der Waals surface area (Å²) < 4.78 is 16.8. The second-order valence-electron chi connectivity index (χ2n) is 7.19. The number of hydrogen-bond donors (Lipinski definition) is 1. The molecule has 4 aromatic carbocycles. The van der Waals surface area contributed by atoms with Gasteiger partial charge in [0, 0.05) is 16.4 Å². The molecule has 0 bridgehead atoms. The third-order valence-corrected chi connectivity index (χ3v) is 7.81. The highest BCUT2D eigenvalue weighted by Crippen LogP contribution is 2.62. The van der Waals surface area contributed by atoms with Crippen LogP contribution in [0, 0.1) is 0 Å². The zero-order chi connectivity index (χ0) is 21.0. The van der Waals surface area contributed by atoms with Crippen LogP contribution in [0.4, 0.5) is 0 Å². The molecule has 31 heavy (non-hydrogen) atoms. The highest BCUT2D eigenvalue weighted by molar-refractivity contribution is 8.17. The van der Waals surface area contributed by atoms with Crippen molar-refractivity contribution in [2.45, 2.75) is 21.6 Å². The summed E-state index contributed by atoms with van der Waals surface area (Å²) >= 11 is 0. The molecule has 1 aliphatic heterocycles. The first-order valence-electron chi connectivity index (χ1n) is 10.4. The maximum absolute atomic E-state index is 6.04. The lowest BCUT2D eigenvalue weighted by Crippen LogP contribution is -2.01. The van der Waals surface area contributed by atoms with Gasteiger partial charge in [0.1, 0.15) is 17.2 Å². The van der Waals surface area contributed by atoms with E-state index >= 15 is 0 Å². The number of ether oxygens (including phenoxy) is 3. The molecular weight excluding hydrogens is 404 g/mol. The Morgan fingerprint density at radius 2 is 1.13 bits per heavy atom. The van der Waals surface area contributed by atoms with Crippen molar-refractivity contribution in [3.63, 3.8) is 0 Å². The van der Waals surface area contributed by atoms with Crippen LogP contribution in [0.3, 0.4) is 0 Å². The van der Waals surface area contributed by atoms with Gasteiger partial charge in [-0.15, -0.1) is 0 Å². The Morgan fingerprint density at radius 3 is 1.71 bits per heavy atom. The van der Waals surface area contributed by atoms with E-state index in [1.165, 1.54) is 25.8 Å². The molecule has 0 N–H and O–H groups in total. The van der Waals surface area contributed by atoms with Gasteiger partial charge < -0.3 is 14.2 Å². The third kappa shape index (κ3) is 4.05. The molecule has 0 radical (unpaired) electrons. The van der Waals surface area contributed by atoms with Crippen LogP contribution < -0.4 is 9.47 Å². The molecule has 0 aromatic heterocycles. The Bertz CT molecular complexity index is 1120. The van der Waals surface area contributed by atoms with Crippen LogP contribution in [0.1, 0.15) is 6.92 Å². The maximum Gasteiger partial charge on any atom is 0.189 e. The van der Waals surface area contributed by atoms with E-state index in [0.717, 1.165) is 17.2 Å². The molecule has 1 heterocycles. The number of benzene rings is 4. The van der Waals surface area contributed by atoms with Crippen LogP contribution in [-0.2, 0) is 4.74 Å². The van der Waals surface area contributed by atoms with E-state index < -0.39 is 10.9 Å². The van der Waals surface area contributed by atoms with Crippen molar-refractivity contribution in [1.82, 2.24) is 0 Å². The lowest BCUT2D eigenvalue weighted by atomic mass is 10.1. The molecule has 4 heteroatoms. The van der Waals surface area contributed by atoms with E-state index in [0.29, 0.717) is 6.61 Å². The zero-order valence-corrected chi connectivity index (χ0v) is 18.2.